The second-order valence-electron chi connectivity index (χ2n) is 3.54. The molecule has 1 unspecified atom stereocenters. The zero-order chi connectivity index (χ0) is 8.43. The second-order valence-corrected chi connectivity index (χ2v) is 3.54. The molecule has 1 aromatic rings. The Bertz CT molecular complexity index is 223. The number of rotatable bonds is 2. The lowest BCUT2D eigenvalue weighted by molar-refractivity contribution is 0.403. The zero-order valence-electron chi connectivity index (χ0n) is 7.83. The SMILES string of the molecule is Cc1cccn1C(C)C(C)C. The van der Waals surface area contributed by atoms with Crippen molar-refractivity contribution in [2.75, 3.05) is 0 Å². The lowest BCUT2D eigenvalue weighted by Gasteiger charge is -2.19. The average molecular weight is 151 g/mol. The lowest BCUT2D eigenvalue weighted by atomic mass is 10.1. The van der Waals surface area contributed by atoms with Crippen LogP contribution in [-0.2, 0) is 0 Å². The van der Waals surface area contributed by atoms with Crippen LogP contribution in [0.1, 0.15) is 32.5 Å². The Labute approximate surface area is 69.0 Å². The molecule has 0 saturated heterocycles. The van der Waals surface area contributed by atoms with E-state index in [1.165, 1.54) is 5.69 Å². The van der Waals surface area contributed by atoms with Gasteiger partial charge in [-0.2, -0.15) is 0 Å². The summed E-state index contributed by atoms with van der Waals surface area (Å²) in [5, 5.41) is 0. The van der Waals surface area contributed by atoms with Gasteiger partial charge < -0.3 is 4.57 Å². The third kappa shape index (κ3) is 1.65. The molecule has 0 aliphatic carbocycles. The van der Waals surface area contributed by atoms with E-state index in [0.717, 1.165) is 0 Å². The van der Waals surface area contributed by atoms with Crippen molar-refractivity contribution in [3.63, 3.8) is 0 Å². The lowest BCUT2D eigenvalue weighted by Crippen LogP contribution is -2.11. The van der Waals surface area contributed by atoms with Gasteiger partial charge in [0.2, 0.25) is 0 Å². The molecular weight excluding hydrogens is 134 g/mol. The van der Waals surface area contributed by atoms with E-state index in [1.54, 1.807) is 0 Å². The molecule has 0 radical (unpaired) electrons. The molecule has 0 bridgehead atoms. The summed E-state index contributed by atoms with van der Waals surface area (Å²) in [5.41, 5.74) is 1.35. The first-order chi connectivity index (χ1) is 5.13. The summed E-state index contributed by atoms with van der Waals surface area (Å²) in [6.07, 6.45) is 2.15. The predicted octanol–water partition coefficient (Wildman–Crippen LogP) is 3.01. The van der Waals surface area contributed by atoms with Crippen molar-refractivity contribution < 1.29 is 0 Å². The van der Waals surface area contributed by atoms with Gasteiger partial charge in [0.15, 0.2) is 0 Å². The van der Waals surface area contributed by atoms with Gasteiger partial charge in [-0.05, 0) is 31.9 Å². The summed E-state index contributed by atoms with van der Waals surface area (Å²) >= 11 is 0. The van der Waals surface area contributed by atoms with Gasteiger partial charge in [0, 0.05) is 17.9 Å². The topological polar surface area (TPSA) is 4.93 Å². The van der Waals surface area contributed by atoms with Crippen molar-refractivity contribution in [1.82, 2.24) is 4.57 Å². The minimum absolute atomic E-state index is 0.616. The summed E-state index contributed by atoms with van der Waals surface area (Å²) in [6, 6.07) is 4.87. The van der Waals surface area contributed by atoms with Crippen molar-refractivity contribution in [2.45, 2.75) is 33.7 Å². The smallest absolute Gasteiger partial charge is 0.0327 e. The quantitative estimate of drug-likeness (QED) is 0.612. The van der Waals surface area contributed by atoms with Crippen LogP contribution in [0.4, 0.5) is 0 Å². The molecule has 1 rings (SSSR count). The van der Waals surface area contributed by atoms with E-state index in [1.807, 2.05) is 0 Å². The molecule has 0 spiro atoms. The van der Waals surface area contributed by atoms with Crippen molar-refractivity contribution in [3.8, 4) is 0 Å². The van der Waals surface area contributed by atoms with Gasteiger partial charge in [0.1, 0.15) is 0 Å². The van der Waals surface area contributed by atoms with Gasteiger partial charge in [-0.15, -0.1) is 0 Å². The Kier molecular flexibility index (Phi) is 2.38. The molecule has 0 amide bonds. The zero-order valence-corrected chi connectivity index (χ0v) is 7.83. The third-order valence-corrected chi connectivity index (χ3v) is 2.39. The first kappa shape index (κ1) is 8.38. The molecule has 0 N–H and O–H groups in total. The van der Waals surface area contributed by atoms with E-state index in [-0.39, 0.29) is 0 Å². The monoisotopic (exact) mass is 151 g/mol. The molecule has 0 aliphatic heterocycles. The van der Waals surface area contributed by atoms with Crippen molar-refractivity contribution in [2.24, 2.45) is 5.92 Å². The Morgan fingerprint density at radius 3 is 2.27 bits per heavy atom. The van der Waals surface area contributed by atoms with Gasteiger partial charge in [-0.25, -0.2) is 0 Å². The molecule has 11 heavy (non-hydrogen) atoms. The van der Waals surface area contributed by atoms with Crippen LogP contribution in [0.5, 0.6) is 0 Å². The van der Waals surface area contributed by atoms with Crippen LogP contribution < -0.4 is 0 Å². The van der Waals surface area contributed by atoms with Gasteiger partial charge in [-0.3, -0.25) is 0 Å². The highest BCUT2D eigenvalue weighted by molar-refractivity contribution is 5.05. The fraction of sp³-hybridized carbons (Fsp3) is 0.600. The summed E-state index contributed by atoms with van der Waals surface area (Å²) in [4.78, 5) is 0. The fourth-order valence-corrected chi connectivity index (χ4v) is 1.26. The Hall–Kier alpha value is -0.720. The average Bonchev–Trinajstić information content (AvgIpc) is 2.33. The van der Waals surface area contributed by atoms with Crippen molar-refractivity contribution >= 4 is 0 Å². The summed E-state index contributed by atoms with van der Waals surface area (Å²) in [5.74, 6) is 0.709. The Balaban J connectivity index is 2.84. The third-order valence-electron chi connectivity index (χ3n) is 2.39. The standard InChI is InChI=1S/C10H17N/c1-8(2)10(4)11-7-5-6-9(11)3/h5-8,10H,1-4H3. The maximum absolute atomic E-state index is 2.32. The van der Waals surface area contributed by atoms with E-state index in [0.29, 0.717) is 12.0 Å². The van der Waals surface area contributed by atoms with E-state index in [4.69, 9.17) is 0 Å². The minimum Gasteiger partial charge on any atom is -0.349 e. The van der Waals surface area contributed by atoms with E-state index in [9.17, 15) is 0 Å². The van der Waals surface area contributed by atoms with Crippen LogP contribution in [0, 0.1) is 12.8 Å². The molecular formula is C10H17N. The van der Waals surface area contributed by atoms with Crippen LogP contribution in [-0.4, -0.2) is 4.57 Å². The van der Waals surface area contributed by atoms with Crippen molar-refractivity contribution in [1.29, 1.82) is 0 Å². The van der Waals surface area contributed by atoms with Crippen LogP contribution in [0.3, 0.4) is 0 Å². The number of aryl methyl sites for hydroxylation is 1. The molecule has 1 atom stereocenters. The maximum atomic E-state index is 2.32. The molecule has 62 valence electrons. The van der Waals surface area contributed by atoms with Gasteiger partial charge in [0.25, 0.3) is 0 Å². The maximum Gasteiger partial charge on any atom is 0.0327 e. The summed E-state index contributed by atoms with van der Waals surface area (Å²) in [6.45, 7) is 8.92. The highest BCUT2D eigenvalue weighted by atomic mass is 15.0. The second kappa shape index (κ2) is 3.12. The molecule has 0 aromatic carbocycles. The van der Waals surface area contributed by atoms with Crippen LogP contribution in [0.25, 0.3) is 0 Å². The van der Waals surface area contributed by atoms with Gasteiger partial charge in [0.05, 0.1) is 0 Å². The first-order valence-electron chi connectivity index (χ1n) is 4.26. The molecule has 1 heterocycles. The molecule has 1 nitrogen and oxygen atoms in total. The predicted molar refractivity (Wildman–Crippen MR) is 48.7 cm³/mol. The van der Waals surface area contributed by atoms with Crippen LogP contribution in [0.2, 0.25) is 0 Å². The van der Waals surface area contributed by atoms with E-state index < -0.39 is 0 Å². The van der Waals surface area contributed by atoms with Gasteiger partial charge in [-0.1, -0.05) is 13.8 Å². The normalized spacial score (nSPS) is 13.9. The molecule has 1 aromatic heterocycles. The van der Waals surface area contributed by atoms with E-state index in [2.05, 4.69) is 50.6 Å². The van der Waals surface area contributed by atoms with E-state index >= 15 is 0 Å². The molecule has 0 saturated carbocycles. The largest absolute Gasteiger partial charge is 0.349 e. The molecule has 0 fully saturated rings. The number of nitrogens with zero attached hydrogens (tertiary/aromatic N) is 1. The first-order valence-corrected chi connectivity index (χ1v) is 4.26. The number of hydrogen-bond donors (Lipinski definition) is 0. The highest BCUT2D eigenvalue weighted by Gasteiger charge is 2.08. The van der Waals surface area contributed by atoms with Crippen molar-refractivity contribution in [3.05, 3.63) is 24.0 Å². The molecule has 1 heteroatoms. The number of hydrogen-bond acceptors (Lipinski definition) is 0. The summed E-state index contributed by atoms with van der Waals surface area (Å²) < 4.78 is 2.32. The number of aromatic nitrogens is 1. The van der Waals surface area contributed by atoms with Crippen LogP contribution in [0.15, 0.2) is 18.3 Å². The van der Waals surface area contributed by atoms with Gasteiger partial charge >= 0.3 is 0 Å². The minimum atomic E-state index is 0.616. The highest BCUT2D eigenvalue weighted by Crippen LogP contribution is 2.18. The van der Waals surface area contributed by atoms with Crippen LogP contribution >= 0.6 is 0 Å². The molecule has 0 aliphatic rings. The fourth-order valence-electron chi connectivity index (χ4n) is 1.26. The Morgan fingerprint density at radius 2 is 1.91 bits per heavy atom. The Morgan fingerprint density at radius 1 is 1.27 bits per heavy atom. The summed E-state index contributed by atoms with van der Waals surface area (Å²) in [7, 11) is 0.